The third-order valence-corrected chi connectivity index (χ3v) is 6.63. The molecule has 2 aromatic carbocycles. The number of hydrogen-bond acceptors (Lipinski definition) is 8. The maximum absolute atomic E-state index is 14.8. The number of fused-ring (bicyclic) bond motifs is 2. The van der Waals surface area contributed by atoms with Gasteiger partial charge in [0, 0.05) is 36.8 Å². The standard InChI is InChI=1S/C26H23ClF5N5O4/c27-16-7-14(1-2-17(16)28)35-24-15-8-20(21(41-12-26(30,31)32)9-19(15)33-13-34-24)36-25(38)18(29)3-4-37-10-22-23(11-37)40-6-5-39-22/h1-3,7-9,13,22-23H,4-6,10-12H2,(H,36,38)(H,33,34,35)/b18-3-/t22-,23-/m0/s1. The first-order valence-corrected chi connectivity index (χ1v) is 12.8. The lowest BCUT2D eigenvalue weighted by molar-refractivity contribution is -0.153. The van der Waals surface area contributed by atoms with Gasteiger partial charge < -0.3 is 24.8 Å². The Morgan fingerprint density at radius 3 is 2.56 bits per heavy atom. The van der Waals surface area contributed by atoms with Crippen LogP contribution in [0.4, 0.5) is 39.1 Å². The van der Waals surface area contributed by atoms with Crippen molar-refractivity contribution < 1.29 is 41.0 Å². The van der Waals surface area contributed by atoms with Gasteiger partial charge in [-0.15, -0.1) is 0 Å². The van der Waals surface area contributed by atoms with E-state index in [-0.39, 0.29) is 51.9 Å². The molecule has 0 spiro atoms. The smallest absolute Gasteiger partial charge is 0.422 e. The van der Waals surface area contributed by atoms with Crippen LogP contribution in [0, 0.1) is 5.82 Å². The van der Waals surface area contributed by atoms with Gasteiger partial charge >= 0.3 is 6.18 Å². The number of alkyl halides is 3. The third-order valence-electron chi connectivity index (χ3n) is 6.34. The Morgan fingerprint density at radius 2 is 1.88 bits per heavy atom. The average molecular weight is 600 g/mol. The normalized spacial score (nSPS) is 19.7. The number of anilines is 3. The topological polar surface area (TPSA) is 97.8 Å². The van der Waals surface area contributed by atoms with Gasteiger partial charge in [0.1, 0.15) is 23.7 Å². The second-order valence-electron chi connectivity index (χ2n) is 9.29. The lowest BCUT2D eigenvalue weighted by Gasteiger charge is -2.24. The molecule has 2 aliphatic rings. The highest BCUT2D eigenvalue weighted by molar-refractivity contribution is 6.31. The van der Waals surface area contributed by atoms with E-state index in [0.717, 1.165) is 24.5 Å². The highest BCUT2D eigenvalue weighted by atomic mass is 35.5. The lowest BCUT2D eigenvalue weighted by Crippen LogP contribution is -2.36. The molecule has 41 heavy (non-hydrogen) atoms. The van der Waals surface area contributed by atoms with E-state index in [1.165, 1.54) is 18.2 Å². The number of carbonyl (C=O) groups is 1. The van der Waals surface area contributed by atoms with Crippen molar-refractivity contribution in [3.05, 3.63) is 59.4 Å². The van der Waals surface area contributed by atoms with E-state index in [2.05, 4.69) is 20.6 Å². The third kappa shape index (κ3) is 7.19. The van der Waals surface area contributed by atoms with Crippen molar-refractivity contribution in [3.63, 3.8) is 0 Å². The molecule has 0 unspecified atom stereocenters. The summed E-state index contributed by atoms with van der Waals surface area (Å²) < 4.78 is 83.3. The summed E-state index contributed by atoms with van der Waals surface area (Å²) in [4.78, 5) is 22.7. The summed E-state index contributed by atoms with van der Waals surface area (Å²) in [6, 6.07) is 6.25. The van der Waals surface area contributed by atoms with E-state index in [4.69, 9.17) is 25.8 Å². The number of nitrogens with one attached hydrogen (secondary N) is 2. The zero-order chi connectivity index (χ0) is 29.1. The first-order chi connectivity index (χ1) is 19.6. The molecule has 1 aromatic heterocycles. The van der Waals surface area contributed by atoms with Crippen LogP contribution in [0.2, 0.25) is 5.02 Å². The molecule has 0 radical (unpaired) electrons. The Balaban J connectivity index is 1.38. The van der Waals surface area contributed by atoms with Gasteiger partial charge in [0.05, 0.1) is 41.6 Å². The largest absolute Gasteiger partial charge is 0.482 e. The molecule has 15 heteroatoms. The summed E-state index contributed by atoms with van der Waals surface area (Å²) >= 11 is 5.84. The SMILES string of the molecule is O=C(Nc1cc2c(Nc3ccc(F)c(Cl)c3)ncnc2cc1OCC(F)(F)F)/C(F)=C/CN1C[C@@H]2OCCO[C@H]2C1. The quantitative estimate of drug-likeness (QED) is 0.276. The summed E-state index contributed by atoms with van der Waals surface area (Å²) in [5, 5.41) is 5.28. The van der Waals surface area contributed by atoms with Crippen molar-refractivity contribution in [2.45, 2.75) is 18.4 Å². The van der Waals surface area contributed by atoms with Gasteiger partial charge in [-0.05, 0) is 30.3 Å². The van der Waals surface area contributed by atoms with Crippen LogP contribution in [-0.4, -0.2) is 78.6 Å². The van der Waals surface area contributed by atoms with Gasteiger partial charge in [-0.1, -0.05) is 11.6 Å². The summed E-state index contributed by atoms with van der Waals surface area (Å²) in [6.45, 7) is 0.399. The second-order valence-corrected chi connectivity index (χ2v) is 9.70. The fourth-order valence-electron chi connectivity index (χ4n) is 4.44. The molecule has 3 aromatic rings. The van der Waals surface area contributed by atoms with E-state index in [1.54, 1.807) is 0 Å². The first-order valence-electron chi connectivity index (χ1n) is 12.4. The highest BCUT2D eigenvalue weighted by Crippen LogP contribution is 2.35. The Hall–Kier alpha value is -3.59. The molecule has 1 amide bonds. The zero-order valence-corrected chi connectivity index (χ0v) is 21.9. The number of benzene rings is 2. The molecule has 0 saturated carbocycles. The fraction of sp³-hybridized carbons (Fsp3) is 0.346. The van der Waals surface area contributed by atoms with Crippen LogP contribution in [0.5, 0.6) is 5.75 Å². The predicted molar refractivity (Wildman–Crippen MR) is 140 cm³/mol. The highest BCUT2D eigenvalue weighted by Gasteiger charge is 2.36. The molecule has 2 fully saturated rings. The molecule has 2 saturated heterocycles. The Morgan fingerprint density at radius 1 is 1.15 bits per heavy atom. The maximum Gasteiger partial charge on any atom is 0.422 e. The monoisotopic (exact) mass is 599 g/mol. The van der Waals surface area contributed by atoms with E-state index >= 15 is 0 Å². The van der Waals surface area contributed by atoms with Gasteiger partial charge in [0.2, 0.25) is 0 Å². The van der Waals surface area contributed by atoms with E-state index in [1.807, 2.05) is 4.90 Å². The van der Waals surface area contributed by atoms with Crippen LogP contribution in [0.3, 0.4) is 0 Å². The van der Waals surface area contributed by atoms with Gasteiger partial charge in [-0.25, -0.2) is 18.7 Å². The first kappa shape index (κ1) is 28.9. The zero-order valence-electron chi connectivity index (χ0n) is 21.2. The Bertz CT molecular complexity index is 1460. The maximum atomic E-state index is 14.8. The van der Waals surface area contributed by atoms with E-state index in [0.29, 0.717) is 32.0 Å². The summed E-state index contributed by atoms with van der Waals surface area (Å²) in [6.07, 6.45) is -2.72. The van der Waals surface area contributed by atoms with Crippen molar-refractivity contribution in [2.75, 3.05) is 50.1 Å². The second kappa shape index (κ2) is 12.1. The molecule has 3 heterocycles. The minimum Gasteiger partial charge on any atom is -0.482 e. The number of rotatable bonds is 8. The van der Waals surface area contributed by atoms with Crippen LogP contribution < -0.4 is 15.4 Å². The van der Waals surface area contributed by atoms with Crippen LogP contribution >= 0.6 is 11.6 Å². The number of halogens is 6. The average Bonchev–Trinajstić information content (AvgIpc) is 3.35. The number of nitrogens with zero attached hydrogens (tertiary/aromatic N) is 3. The minimum atomic E-state index is -4.68. The predicted octanol–water partition coefficient (Wildman–Crippen LogP) is 5.00. The van der Waals surface area contributed by atoms with Crippen molar-refractivity contribution in [3.8, 4) is 5.75 Å². The molecule has 0 aliphatic carbocycles. The number of ether oxygens (including phenoxy) is 3. The van der Waals surface area contributed by atoms with Crippen molar-refractivity contribution in [1.29, 1.82) is 0 Å². The minimum absolute atomic E-state index is 0.0935. The summed E-state index contributed by atoms with van der Waals surface area (Å²) in [5.74, 6) is -3.20. The Kier molecular flexibility index (Phi) is 8.54. The molecule has 5 rings (SSSR count). The van der Waals surface area contributed by atoms with Gasteiger partial charge in [-0.3, -0.25) is 9.69 Å². The van der Waals surface area contributed by atoms with Crippen LogP contribution in [0.1, 0.15) is 0 Å². The van der Waals surface area contributed by atoms with Crippen molar-refractivity contribution >= 4 is 45.6 Å². The summed E-state index contributed by atoms with van der Waals surface area (Å²) in [5.41, 5.74) is 0.257. The molecular weight excluding hydrogens is 577 g/mol. The van der Waals surface area contributed by atoms with Gasteiger partial charge in [0.25, 0.3) is 5.91 Å². The van der Waals surface area contributed by atoms with Crippen LogP contribution in [0.25, 0.3) is 10.9 Å². The van der Waals surface area contributed by atoms with E-state index in [9.17, 15) is 26.7 Å². The van der Waals surface area contributed by atoms with Crippen LogP contribution in [0.15, 0.2) is 48.6 Å². The molecule has 2 N–H and O–H groups in total. The summed E-state index contributed by atoms with van der Waals surface area (Å²) in [7, 11) is 0. The molecule has 0 bridgehead atoms. The molecule has 9 nitrogen and oxygen atoms in total. The number of hydrogen-bond donors (Lipinski definition) is 2. The number of aromatic nitrogens is 2. The number of carbonyl (C=O) groups excluding carboxylic acids is 1. The Labute approximate surface area is 235 Å². The van der Waals surface area contributed by atoms with E-state index < -0.39 is 30.3 Å². The number of likely N-dealkylation sites (tertiary alicyclic amines) is 1. The molecule has 218 valence electrons. The van der Waals surface area contributed by atoms with Crippen LogP contribution in [-0.2, 0) is 14.3 Å². The number of amides is 1. The van der Waals surface area contributed by atoms with Crippen molar-refractivity contribution in [2.24, 2.45) is 0 Å². The van der Waals surface area contributed by atoms with Gasteiger partial charge in [0.15, 0.2) is 12.4 Å². The van der Waals surface area contributed by atoms with Crippen molar-refractivity contribution in [1.82, 2.24) is 14.9 Å². The fourth-order valence-corrected chi connectivity index (χ4v) is 4.62. The molecular formula is C26H23ClF5N5O4. The lowest BCUT2D eigenvalue weighted by atomic mass is 10.1. The molecule has 2 atom stereocenters. The molecule has 2 aliphatic heterocycles. The van der Waals surface area contributed by atoms with Gasteiger partial charge in [-0.2, -0.15) is 13.2 Å².